The first kappa shape index (κ1) is 12.2. The number of benzene rings is 1. The molecule has 0 amide bonds. The van der Waals surface area contributed by atoms with Crippen LogP contribution in [0.4, 0.5) is 5.69 Å². The van der Waals surface area contributed by atoms with E-state index in [4.69, 9.17) is 16.7 Å². The van der Waals surface area contributed by atoms with E-state index in [0.717, 1.165) is 0 Å². The minimum atomic E-state index is -1.13. The molecule has 0 aliphatic heterocycles. The highest BCUT2D eigenvalue weighted by Gasteiger charge is 2.14. The average molecular weight is 242 g/mol. The van der Waals surface area contributed by atoms with Gasteiger partial charge in [0.1, 0.15) is 5.02 Å². The average Bonchev–Trinajstić information content (AvgIpc) is 2.20. The van der Waals surface area contributed by atoms with Gasteiger partial charge in [-0.2, -0.15) is 0 Å². The number of hydrogen-bond acceptors (Lipinski definition) is 3. The van der Waals surface area contributed by atoms with Gasteiger partial charge < -0.3 is 5.11 Å². The number of aliphatic carboxylic acids is 1. The first-order chi connectivity index (χ1) is 7.41. The van der Waals surface area contributed by atoms with Crippen molar-refractivity contribution >= 4 is 23.3 Å². The van der Waals surface area contributed by atoms with E-state index in [1.807, 2.05) is 0 Å². The number of nitrogens with zero attached hydrogens (tertiary/aromatic N) is 1. The molecular weight excluding hydrogens is 234 g/mol. The third kappa shape index (κ3) is 2.80. The normalized spacial score (nSPS) is 9.81. The number of nitro benzene ring substituents is 1. The predicted molar refractivity (Wildman–Crippen MR) is 58.6 cm³/mol. The van der Waals surface area contributed by atoms with Gasteiger partial charge in [0, 0.05) is 18.1 Å². The number of rotatable bonds is 4. The molecule has 0 heterocycles. The van der Waals surface area contributed by atoms with Crippen molar-refractivity contribution in [1.29, 1.82) is 0 Å². The minimum absolute atomic E-state index is 0.0229. The van der Waals surface area contributed by atoms with Crippen molar-refractivity contribution in [2.75, 3.05) is 0 Å². The highest BCUT2D eigenvalue weighted by Crippen LogP contribution is 2.25. The maximum absolute atomic E-state index is 10.6. The molecule has 1 rings (SSSR count). The van der Waals surface area contributed by atoms with Crippen molar-refractivity contribution in [3.63, 3.8) is 0 Å². The van der Waals surface area contributed by atoms with E-state index in [1.54, 1.807) is 0 Å². The van der Waals surface area contributed by atoms with Crippen molar-refractivity contribution in [3.05, 3.63) is 51.1 Å². The molecule has 0 fully saturated rings. The molecule has 84 valence electrons. The zero-order chi connectivity index (χ0) is 12.3. The van der Waals surface area contributed by atoms with Gasteiger partial charge in [-0.3, -0.25) is 10.1 Å². The Morgan fingerprint density at radius 1 is 1.56 bits per heavy atom. The number of carboxylic acids is 1. The topological polar surface area (TPSA) is 80.4 Å². The molecule has 0 saturated heterocycles. The summed E-state index contributed by atoms with van der Waals surface area (Å²) >= 11 is 5.61. The molecule has 0 unspecified atom stereocenters. The van der Waals surface area contributed by atoms with Crippen LogP contribution in [-0.2, 0) is 11.2 Å². The monoisotopic (exact) mass is 241 g/mol. The quantitative estimate of drug-likeness (QED) is 0.499. The molecule has 0 radical (unpaired) electrons. The fourth-order valence-electron chi connectivity index (χ4n) is 1.13. The van der Waals surface area contributed by atoms with E-state index in [2.05, 4.69) is 6.58 Å². The summed E-state index contributed by atoms with van der Waals surface area (Å²) in [4.78, 5) is 20.5. The van der Waals surface area contributed by atoms with Crippen molar-refractivity contribution in [3.8, 4) is 0 Å². The third-order valence-electron chi connectivity index (χ3n) is 1.93. The molecule has 0 atom stereocenters. The molecule has 1 N–H and O–H groups in total. The smallest absolute Gasteiger partial charge is 0.331 e. The second kappa shape index (κ2) is 4.76. The Morgan fingerprint density at radius 2 is 2.19 bits per heavy atom. The molecule has 0 aromatic heterocycles. The summed E-state index contributed by atoms with van der Waals surface area (Å²) in [5.74, 6) is -1.13. The standard InChI is InChI=1S/C10H8ClNO4/c1-6(10(13)14)4-7-2-3-8(11)9(5-7)12(15)16/h2-3,5H,1,4H2,(H,13,14). The summed E-state index contributed by atoms with van der Waals surface area (Å²) in [5, 5.41) is 19.2. The largest absolute Gasteiger partial charge is 0.478 e. The van der Waals surface area contributed by atoms with Crippen LogP contribution in [0.15, 0.2) is 30.4 Å². The SMILES string of the molecule is C=C(Cc1ccc(Cl)c([N+](=O)[O-])c1)C(=O)O. The van der Waals surface area contributed by atoms with E-state index < -0.39 is 10.9 Å². The van der Waals surface area contributed by atoms with Crippen LogP contribution in [0.3, 0.4) is 0 Å². The van der Waals surface area contributed by atoms with E-state index >= 15 is 0 Å². The first-order valence-electron chi connectivity index (χ1n) is 4.25. The van der Waals surface area contributed by atoms with Crippen LogP contribution < -0.4 is 0 Å². The number of hydrogen-bond donors (Lipinski definition) is 1. The van der Waals surface area contributed by atoms with Crippen LogP contribution in [0.2, 0.25) is 5.02 Å². The van der Waals surface area contributed by atoms with Crippen LogP contribution >= 0.6 is 11.6 Å². The summed E-state index contributed by atoms with van der Waals surface area (Å²) in [6, 6.07) is 4.14. The number of halogens is 1. The van der Waals surface area contributed by atoms with Crippen molar-refractivity contribution in [1.82, 2.24) is 0 Å². The van der Waals surface area contributed by atoms with Crippen LogP contribution in [0.1, 0.15) is 5.56 Å². The summed E-state index contributed by atoms with van der Waals surface area (Å²) in [5.41, 5.74) is 0.220. The maximum atomic E-state index is 10.6. The second-order valence-electron chi connectivity index (χ2n) is 3.13. The van der Waals surface area contributed by atoms with Crippen LogP contribution in [-0.4, -0.2) is 16.0 Å². The Balaban J connectivity index is 3.00. The molecule has 1 aromatic carbocycles. The van der Waals surface area contributed by atoms with Gasteiger partial charge in [0.05, 0.1) is 4.92 Å². The van der Waals surface area contributed by atoms with Crippen molar-refractivity contribution < 1.29 is 14.8 Å². The predicted octanol–water partition coefficient (Wildman–Crippen LogP) is 2.43. The molecule has 0 aliphatic carbocycles. The van der Waals surface area contributed by atoms with Gasteiger partial charge in [-0.05, 0) is 11.6 Å². The second-order valence-corrected chi connectivity index (χ2v) is 3.54. The highest BCUT2D eigenvalue weighted by molar-refractivity contribution is 6.32. The van der Waals surface area contributed by atoms with Gasteiger partial charge in [0.25, 0.3) is 5.69 Å². The van der Waals surface area contributed by atoms with Crippen LogP contribution in [0, 0.1) is 10.1 Å². The molecule has 1 aromatic rings. The van der Waals surface area contributed by atoms with Crippen molar-refractivity contribution in [2.24, 2.45) is 0 Å². The van der Waals surface area contributed by atoms with E-state index in [-0.39, 0.29) is 22.7 Å². The number of nitro groups is 1. The Kier molecular flexibility index (Phi) is 3.63. The lowest BCUT2D eigenvalue weighted by atomic mass is 10.1. The van der Waals surface area contributed by atoms with Gasteiger partial charge >= 0.3 is 5.97 Å². The Hall–Kier alpha value is -1.88. The van der Waals surface area contributed by atoms with E-state index in [0.29, 0.717) is 5.56 Å². The van der Waals surface area contributed by atoms with E-state index in [9.17, 15) is 14.9 Å². The minimum Gasteiger partial charge on any atom is -0.478 e. The van der Waals surface area contributed by atoms with Crippen molar-refractivity contribution in [2.45, 2.75) is 6.42 Å². The molecule has 0 aliphatic rings. The lowest BCUT2D eigenvalue weighted by Crippen LogP contribution is -2.02. The van der Waals surface area contributed by atoms with Crippen LogP contribution in [0.25, 0.3) is 0 Å². The molecule has 5 nitrogen and oxygen atoms in total. The summed E-state index contributed by atoms with van der Waals surface area (Å²) < 4.78 is 0. The molecule has 6 heteroatoms. The summed E-state index contributed by atoms with van der Waals surface area (Å²) in [6.07, 6.45) is 0.0490. The van der Waals surface area contributed by atoms with Gasteiger partial charge in [-0.1, -0.05) is 24.2 Å². The molecule has 0 saturated carbocycles. The zero-order valence-electron chi connectivity index (χ0n) is 8.14. The number of carbonyl (C=O) groups is 1. The molecule has 0 bridgehead atoms. The van der Waals surface area contributed by atoms with E-state index in [1.165, 1.54) is 18.2 Å². The van der Waals surface area contributed by atoms with Crippen LogP contribution in [0.5, 0.6) is 0 Å². The maximum Gasteiger partial charge on any atom is 0.331 e. The first-order valence-corrected chi connectivity index (χ1v) is 4.63. The van der Waals surface area contributed by atoms with Gasteiger partial charge in [0.15, 0.2) is 0 Å². The fraction of sp³-hybridized carbons (Fsp3) is 0.100. The third-order valence-corrected chi connectivity index (χ3v) is 2.25. The number of carboxylic acid groups (broad SMARTS) is 1. The van der Waals surface area contributed by atoms with Gasteiger partial charge in [0.2, 0.25) is 0 Å². The van der Waals surface area contributed by atoms with Gasteiger partial charge in [-0.25, -0.2) is 4.79 Å². The lowest BCUT2D eigenvalue weighted by molar-refractivity contribution is -0.384. The summed E-state index contributed by atoms with van der Waals surface area (Å²) in [7, 11) is 0. The fourth-order valence-corrected chi connectivity index (χ4v) is 1.32. The molecular formula is C10H8ClNO4. The molecule has 0 spiro atoms. The van der Waals surface area contributed by atoms with Gasteiger partial charge in [-0.15, -0.1) is 0 Å². The Labute approximate surface area is 96.1 Å². The Morgan fingerprint density at radius 3 is 2.69 bits per heavy atom. The molecule has 16 heavy (non-hydrogen) atoms. The lowest BCUT2D eigenvalue weighted by Gasteiger charge is -2.02. The summed E-state index contributed by atoms with van der Waals surface area (Å²) in [6.45, 7) is 3.34. The highest BCUT2D eigenvalue weighted by atomic mass is 35.5. The Bertz CT molecular complexity index is 470. The zero-order valence-corrected chi connectivity index (χ0v) is 8.90.